The van der Waals surface area contributed by atoms with Gasteiger partial charge in [-0.15, -0.1) is 0 Å². The molecule has 2 atom stereocenters. The molecule has 2 rings (SSSR count). The molecule has 0 bridgehead atoms. The summed E-state index contributed by atoms with van der Waals surface area (Å²) >= 11 is 0. The highest BCUT2D eigenvalue weighted by Crippen LogP contribution is 2.21. The van der Waals surface area contributed by atoms with Crippen molar-refractivity contribution in [2.75, 3.05) is 7.11 Å². The van der Waals surface area contributed by atoms with Crippen LogP contribution in [0.15, 0.2) is 12.4 Å². The van der Waals surface area contributed by atoms with Gasteiger partial charge in [0.25, 0.3) is 0 Å². The highest BCUT2D eigenvalue weighted by Gasteiger charge is 2.24. The van der Waals surface area contributed by atoms with Crippen molar-refractivity contribution in [1.82, 2.24) is 15.1 Å². The Balaban J connectivity index is 1.82. The summed E-state index contributed by atoms with van der Waals surface area (Å²) in [5.74, 6) is 0. The highest BCUT2D eigenvalue weighted by molar-refractivity contribution is 5.05. The van der Waals surface area contributed by atoms with Crippen LogP contribution < -0.4 is 5.32 Å². The van der Waals surface area contributed by atoms with Crippen LogP contribution in [0.3, 0.4) is 0 Å². The van der Waals surface area contributed by atoms with Gasteiger partial charge in [0.15, 0.2) is 0 Å². The van der Waals surface area contributed by atoms with Crippen LogP contribution in [0.1, 0.15) is 45.6 Å². The maximum atomic E-state index is 5.39. The minimum absolute atomic E-state index is 0.0623. The predicted octanol–water partition coefficient (Wildman–Crippen LogP) is 2.30. The summed E-state index contributed by atoms with van der Waals surface area (Å²) in [5, 5.41) is 8.01. The molecule has 1 heterocycles. The number of methoxy groups -OCH3 is 1. The van der Waals surface area contributed by atoms with Crippen molar-refractivity contribution in [3.8, 4) is 0 Å². The summed E-state index contributed by atoms with van der Waals surface area (Å²) in [4.78, 5) is 0. The topological polar surface area (TPSA) is 39.1 Å². The van der Waals surface area contributed by atoms with E-state index in [1.807, 2.05) is 10.9 Å². The fourth-order valence-electron chi connectivity index (χ4n) is 2.42. The molecule has 0 saturated heterocycles. The summed E-state index contributed by atoms with van der Waals surface area (Å²) < 4.78 is 7.41. The smallest absolute Gasteiger partial charge is 0.0586 e. The van der Waals surface area contributed by atoms with Gasteiger partial charge < -0.3 is 10.1 Å². The summed E-state index contributed by atoms with van der Waals surface area (Å²) in [6.07, 6.45) is 8.06. The Bertz CT molecular complexity index is 381. The fraction of sp³-hybridized carbons (Fsp3) is 0.786. The number of nitrogens with one attached hydrogen (secondary N) is 1. The molecule has 1 aromatic rings. The van der Waals surface area contributed by atoms with E-state index in [9.17, 15) is 0 Å². The Morgan fingerprint density at radius 3 is 2.78 bits per heavy atom. The first-order chi connectivity index (χ1) is 8.49. The van der Waals surface area contributed by atoms with Crippen LogP contribution in [0.2, 0.25) is 0 Å². The standard InChI is InChI=1S/C14H25N3O/c1-14(2,3)17-10-11(9-16-17)8-15-12-5-6-13(7-12)18-4/h9-10,12-13,15H,5-8H2,1-4H3. The molecule has 0 spiro atoms. The molecule has 1 fully saturated rings. The van der Waals surface area contributed by atoms with Gasteiger partial charge in [-0.3, -0.25) is 4.68 Å². The maximum Gasteiger partial charge on any atom is 0.0586 e. The van der Waals surface area contributed by atoms with Crippen molar-refractivity contribution in [2.45, 2.75) is 64.3 Å². The molecule has 102 valence electrons. The lowest BCUT2D eigenvalue weighted by Gasteiger charge is -2.18. The van der Waals surface area contributed by atoms with Gasteiger partial charge in [0.2, 0.25) is 0 Å². The number of aromatic nitrogens is 2. The van der Waals surface area contributed by atoms with Crippen molar-refractivity contribution in [3.05, 3.63) is 18.0 Å². The Kier molecular flexibility index (Phi) is 4.07. The predicted molar refractivity (Wildman–Crippen MR) is 72.5 cm³/mol. The number of hydrogen-bond acceptors (Lipinski definition) is 3. The molecule has 1 aliphatic rings. The largest absolute Gasteiger partial charge is 0.381 e. The minimum atomic E-state index is 0.0623. The number of nitrogens with zero attached hydrogens (tertiary/aromatic N) is 2. The second-order valence-electron chi connectivity index (χ2n) is 6.21. The van der Waals surface area contributed by atoms with Gasteiger partial charge in [-0.2, -0.15) is 5.10 Å². The third-order valence-electron chi connectivity index (χ3n) is 3.64. The van der Waals surface area contributed by atoms with Crippen molar-refractivity contribution in [1.29, 1.82) is 0 Å². The Hall–Kier alpha value is -0.870. The molecule has 1 aliphatic carbocycles. The van der Waals surface area contributed by atoms with Crippen LogP contribution in [0.5, 0.6) is 0 Å². The zero-order valence-electron chi connectivity index (χ0n) is 11.9. The van der Waals surface area contributed by atoms with Gasteiger partial charge >= 0.3 is 0 Å². The van der Waals surface area contributed by atoms with Gasteiger partial charge in [-0.05, 0) is 40.0 Å². The molecule has 0 radical (unpaired) electrons. The average molecular weight is 251 g/mol. The Morgan fingerprint density at radius 2 is 2.22 bits per heavy atom. The molecular formula is C14H25N3O. The quantitative estimate of drug-likeness (QED) is 0.892. The van der Waals surface area contributed by atoms with E-state index in [-0.39, 0.29) is 5.54 Å². The Morgan fingerprint density at radius 1 is 1.44 bits per heavy atom. The SMILES string of the molecule is COC1CCC(NCc2cnn(C(C)(C)C)c2)C1. The van der Waals surface area contributed by atoms with E-state index < -0.39 is 0 Å². The molecule has 18 heavy (non-hydrogen) atoms. The third-order valence-corrected chi connectivity index (χ3v) is 3.64. The first-order valence-electron chi connectivity index (χ1n) is 6.79. The van der Waals surface area contributed by atoms with Crippen molar-refractivity contribution < 1.29 is 4.74 Å². The van der Waals surface area contributed by atoms with Gasteiger partial charge in [-0.1, -0.05) is 0 Å². The normalized spacial score (nSPS) is 24.7. The first kappa shape index (κ1) is 13.6. The van der Waals surface area contributed by atoms with Crippen LogP contribution in [-0.4, -0.2) is 29.0 Å². The number of ether oxygens (including phenoxy) is 1. The molecule has 1 N–H and O–H groups in total. The van der Waals surface area contributed by atoms with Gasteiger partial charge in [0.1, 0.15) is 0 Å². The second kappa shape index (κ2) is 5.41. The molecule has 4 nitrogen and oxygen atoms in total. The molecule has 0 aliphatic heterocycles. The van der Waals surface area contributed by atoms with E-state index in [0.717, 1.165) is 13.0 Å². The highest BCUT2D eigenvalue weighted by atomic mass is 16.5. The molecular weight excluding hydrogens is 226 g/mol. The number of hydrogen-bond donors (Lipinski definition) is 1. The molecule has 0 amide bonds. The van der Waals surface area contributed by atoms with E-state index >= 15 is 0 Å². The molecule has 1 aromatic heterocycles. The first-order valence-corrected chi connectivity index (χ1v) is 6.79. The van der Waals surface area contributed by atoms with E-state index in [1.165, 1.54) is 18.4 Å². The van der Waals surface area contributed by atoms with Crippen LogP contribution in [0.25, 0.3) is 0 Å². The molecule has 2 unspecified atom stereocenters. The van der Waals surface area contributed by atoms with Crippen LogP contribution in [0, 0.1) is 0 Å². The lowest BCUT2D eigenvalue weighted by atomic mass is 10.1. The summed E-state index contributed by atoms with van der Waals surface area (Å²) in [6.45, 7) is 7.39. The van der Waals surface area contributed by atoms with Crippen molar-refractivity contribution in [3.63, 3.8) is 0 Å². The van der Waals surface area contributed by atoms with Gasteiger partial charge in [0.05, 0.1) is 17.8 Å². The monoisotopic (exact) mass is 251 g/mol. The lowest BCUT2D eigenvalue weighted by Crippen LogP contribution is -2.26. The van der Waals surface area contributed by atoms with Crippen molar-refractivity contribution in [2.24, 2.45) is 0 Å². The zero-order valence-corrected chi connectivity index (χ0v) is 11.9. The summed E-state index contributed by atoms with van der Waals surface area (Å²) in [7, 11) is 1.81. The third kappa shape index (κ3) is 3.33. The van der Waals surface area contributed by atoms with Crippen LogP contribution in [0.4, 0.5) is 0 Å². The average Bonchev–Trinajstić information content (AvgIpc) is 2.94. The van der Waals surface area contributed by atoms with Gasteiger partial charge in [0, 0.05) is 31.5 Å². The Labute approximate surface area is 110 Å². The van der Waals surface area contributed by atoms with E-state index in [0.29, 0.717) is 12.1 Å². The number of rotatable bonds is 4. The van der Waals surface area contributed by atoms with Gasteiger partial charge in [-0.25, -0.2) is 0 Å². The van der Waals surface area contributed by atoms with E-state index in [2.05, 4.69) is 37.4 Å². The van der Waals surface area contributed by atoms with Crippen molar-refractivity contribution >= 4 is 0 Å². The minimum Gasteiger partial charge on any atom is -0.381 e. The molecule has 1 saturated carbocycles. The van der Waals surface area contributed by atoms with E-state index in [1.54, 1.807) is 7.11 Å². The fourth-order valence-corrected chi connectivity index (χ4v) is 2.42. The maximum absolute atomic E-state index is 5.39. The zero-order chi connectivity index (χ0) is 13.2. The summed E-state index contributed by atoms with van der Waals surface area (Å²) in [5.41, 5.74) is 1.32. The second-order valence-corrected chi connectivity index (χ2v) is 6.21. The van der Waals surface area contributed by atoms with Crippen LogP contribution in [-0.2, 0) is 16.8 Å². The molecule has 4 heteroatoms. The summed E-state index contributed by atoms with van der Waals surface area (Å²) in [6, 6.07) is 0.591. The lowest BCUT2D eigenvalue weighted by molar-refractivity contribution is 0.107. The van der Waals surface area contributed by atoms with E-state index in [4.69, 9.17) is 4.74 Å². The van der Waals surface area contributed by atoms with Crippen LogP contribution >= 0.6 is 0 Å². The molecule has 0 aromatic carbocycles.